The van der Waals surface area contributed by atoms with Crippen LogP contribution in [0, 0.1) is 5.92 Å². The maximum atomic E-state index is 5.70. The van der Waals surface area contributed by atoms with E-state index in [0.29, 0.717) is 5.92 Å². The summed E-state index contributed by atoms with van der Waals surface area (Å²) in [7, 11) is 0. The van der Waals surface area contributed by atoms with Crippen molar-refractivity contribution in [1.29, 1.82) is 0 Å². The maximum absolute atomic E-state index is 5.70. The van der Waals surface area contributed by atoms with Crippen LogP contribution in [0.3, 0.4) is 0 Å². The SMILES string of the molecule is NCC1CCCN(c2ccncc2)C1. The van der Waals surface area contributed by atoms with E-state index >= 15 is 0 Å². The highest BCUT2D eigenvalue weighted by Gasteiger charge is 2.18. The van der Waals surface area contributed by atoms with E-state index < -0.39 is 0 Å². The molecule has 2 rings (SSSR count). The molecule has 1 aliphatic rings. The normalized spacial score (nSPS) is 22.4. The lowest BCUT2D eigenvalue weighted by Gasteiger charge is -2.33. The van der Waals surface area contributed by atoms with Crippen molar-refractivity contribution < 1.29 is 0 Å². The lowest BCUT2D eigenvalue weighted by Crippen LogP contribution is -2.38. The smallest absolute Gasteiger partial charge is 0.0397 e. The maximum Gasteiger partial charge on any atom is 0.0397 e. The molecule has 2 heterocycles. The monoisotopic (exact) mass is 191 g/mol. The summed E-state index contributed by atoms with van der Waals surface area (Å²) >= 11 is 0. The van der Waals surface area contributed by atoms with Crippen LogP contribution in [0.15, 0.2) is 24.5 Å². The van der Waals surface area contributed by atoms with Gasteiger partial charge < -0.3 is 10.6 Å². The van der Waals surface area contributed by atoms with Crippen LogP contribution in [0.25, 0.3) is 0 Å². The number of piperidine rings is 1. The van der Waals surface area contributed by atoms with Crippen LogP contribution in [0.2, 0.25) is 0 Å². The number of hydrogen-bond donors (Lipinski definition) is 1. The summed E-state index contributed by atoms with van der Waals surface area (Å²) in [6, 6.07) is 4.14. The first-order chi connectivity index (χ1) is 6.90. The van der Waals surface area contributed by atoms with E-state index in [-0.39, 0.29) is 0 Å². The van der Waals surface area contributed by atoms with Gasteiger partial charge in [0, 0.05) is 31.2 Å². The molecule has 1 aromatic heterocycles. The lowest BCUT2D eigenvalue weighted by molar-refractivity contribution is 0.423. The Morgan fingerprint density at radius 1 is 1.43 bits per heavy atom. The van der Waals surface area contributed by atoms with E-state index in [4.69, 9.17) is 5.73 Å². The zero-order valence-electron chi connectivity index (χ0n) is 8.39. The summed E-state index contributed by atoms with van der Waals surface area (Å²) in [6.45, 7) is 3.06. The second-order valence-corrected chi connectivity index (χ2v) is 3.90. The Balaban J connectivity index is 2.04. The van der Waals surface area contributed by atoms with Crippen LogP contribution in [0.4, 0.5) is 5.69 Å². The van der Waals surface area contributed by atoms with E-state index in [2.05, 4.69) is 22.0 Å². The fourth-order valence-corrected chi connectivity index (χ4v) is 2.05. The summed E-state index contributed by atoms with van der Waals surface area (Å²) in [5.74, 6) is 0.664. The molecule has 3 nitrogen and oxygen atoms in total. The van der Waals surface area contributed by atoms with Crippen molar-refractivity contribution in [2.45, 2.75) is 12.8 Å². The Morgan fingerprint density at radius 3 is 2.93 bits per heavy atom. The highest BCUT2D eigenvalue weighted by Crippen LogP contribution is 2.21. The molecule has 1 aliphatic heterocycles. The van der Waals surface area contributed by atoms with Crippen molar-refractivity contribution >= 4 is 5.69 Å². The van der Waals surface area contributed by atoms with Gasteiger partial charge in [0.15, 0.2) is 0 Å². The van der Waals surface area contributed by atoms with Crippen LogP contribution >= 0.6 is 0 Å². The predicted molar refractivity (Wildman–Crippen MR) is 58.2 cm³/mol. The van der Waals surface area contributed by atoms with E-state index in [1.165, 1.54) is 18.5 Å². The van der Waals surface area contributed by atoms with E-state index in [0.717, 1.165) is 19.6 Å². The van der Waals surface area contributed by atoms with E-state index in [9.17, 15) is 0 Å². The molecule has 0 aromatic carbocycles. The molecule has 2 N–H and O–H groups in total. The third kappa shape index (κ3) is 2.04. The van der Waals surface area contributed by atoms with Gasteiger partial charge in [0.1, 0.15) is 0 Å². The van der Waals surface area contributed by atoms with Crippen LogP contribution in [-0.4, -0.2) is 24.6 Å². The number of nitrogens with two attached hydrogens (primary N) is 1. The third-order valence-electron chi connectivity index (χ3n) is 2.88. The van der Waals surface area contributed by atoms with Gasteiger partial charge in [-0.3, -0.25) is 4.98 Å². The van der Waals surface area contributed by atoms with Crippen molar-refractivity contribution in [1.82, 2.24) is 4.98 Å². The first-order valence-corrected chi connectivity index (χ1v) is 5.25. The molecule has 1 saturated heterocycles. The number of nitrogens with zero attached hydrogens (tertiary/aromatic N) is 2. The van der Waals surface area contributed by atoms with Crippen LogP contribution in [-0.2, 0) is 0 Å². The van der Waals surface area contributed by atoms with Gasteiger partial charge in [-0.05, 0) is 37.4 Å². The first-order valence-electron chi connectivity index (χ1n) is 5.25. The van der Waals surface area contributed by atoms with E-state index in [1.807, 2.05) is 12.4 Å². The zero-order chi connectivity index (χ0) is 9.80. The Morgan fingerprint density at radius 2 is 2.21 bits per heavy atom. The van der Waals surface area contributed by atoms with Crippen LogP contribution < -0.4 is 10.6 Å². The summed E-state index contributed by atoms with van der Waals surface area (Å²) in [5, 5.41) is 0. The van der Waals surface area contributed by atoms with Gasteiger partial charge in [-0.1, -0.05) is 0 Å². The van der Waals surface area contributed by atoms with Crippen molar-refractivity contribution in [3.05, 3.63) is 24.5 Å². The second-order valence-electron chi connectivity index (χ2n) is 3.90. The number of aromatic nitrogens is 1. The second kappa shape index (κ2) is 4.42. The molecular formula is C11H17N3. The molecule has 0 spiro atoms. The number of anilines is 1. The molecular weight excluding hydrogens is 174 g/mol. The molecule has 1 aromatic rings. The van der Waals surface area contributed by atoms with Gasteiger partial charge in [0.05, 0.1) is 0 Å². The van der Waals surface area contributed by atoms with Crippen molar-refractivity contribution in [3.8, 4) is 0 Å². The number of rotatable bonds is 2. The molecule has 0 aliphatic carbocycles. The van der Waals surface area contributed by atoms with Crippen LogP contribution in [0.1, 0.15) is 12.8 Å². The molecule has 3 heteroatoms. The highest BCUT2D eigenvalue weighted by molar-refractivity contribution is 5.44. The van der Waals surface area contributed by atoms with Gasteiger partial charge in [-0.15, -0.1) is 0 Å². The summed E-state index contributed by atoms with van der Waals surface area (Å²) < 4.78 is 0. The molecule has 0 bridgehead atoms. The van der Waals surface area contributed by atoms with Gasteiger partial charge in [-0.25, -0.2) is 0 Å². The topological polar surface area (TPSA) is 42.1 Å². The molecule has 1 unspecified atom stereocenters. The van der Waals surface area contributed by atoms with Gasteiger partial charge in [0.2, 0.25) is 0 Å². The average Bonchev–Trinajstić information content (AvgIpc) is 2.30. The molecule has 76 valence electrons. The minimum atomic E-state index is 0.664. The fourth-order valence-electron chi connectivity index (χ4n) is 2.05. The van der Waals surface area contributed by atoms with Crippen molar-refractivity contribution in [3.63, 3.8) is 0 Å². The quantitative estimate of drug-likeness (QED) is 0.765. The zero-order valence-corrected chi connectivity index (χ0v) is 8.39. The van der Waals surface area contributed by atoms with Crippen molar-refractivity contribution in [2.24, 2.45) is 11.7 Å². The minimum Gasteiger partial charge on any atom is -0.371 e. The summed E-state index contributed by atoms with van der Waals surface area (Å²) in [5.41, 5.74) is 6.98. The van der Waals surface area contributed by atoms with Crippen molar-refractivity contribution in [2.75, 3.05) is 24.5 Å². The highest BCUT2D eigenvalue weighted by atomic mass is 15.1. The molecule has 0 amide bonds. The molecule has 14 heavy (non-hydrogen) atoms. The molecule has 0 radical (unpaired) electrons. The summed E-state index contributed by atoms with van der Waals surface area (Å²) in [4.78, 5) is 6.43. The van der Waals surface area contributed by atoms with E-state index in [1.54, 1.807) is 0 Å². The molecule has 0 saturated carbocycles. The largest absolute Gasteiger partial charge is 0.371 e. The minimum absolute atomic E-state index is 0.664. The average molecular weight is 191 g/mol. The Labute approximate surface area is 84.9 Å². The molecule has 1 atom stereocenters. The van der Waals surface area contributed by atoms with Gasteiger partial charge in [0.25, 0.3) is 0 Å². The van der Waals surface area contributed by atoms with Crippen LogP contribution in [0.5, 0.6) is 0 Å². The number of pyridine rings is 1. The van der Waals surface area contributed by atoms with Gasteiger partial charge in [-0.2, -0.15) is 0 Å². The summed E-state index contributed by atoms with van der Waals surface area (Å²) in [6.07, 6.45) is 6.23. The third-order valence-corrected chi connectivity index (χ3v) is 2.88. The first kappa shape index (κ1) is 9.46. The Kier molecular flexibility index (Phi) is 2.99. The lowest BCUT2D eigenvalue weighted by atomic mass is 9.98. The Hall–Kier alpha value is -1.09. The Bertz CT molecular complexity index is 273. The number of hydrogen-bond acceptors (Lipinski definition) is 3. The fraction of sp³-hybridized carbons (Fsp3) is 0.545. The van der Waals surface area contributed by atoms with Gasteiger partial charge >= 0.3 is 0 Å². The predicted octanol–water partition coefficient (Wildman–Crippen LogP) is 1.26. The standard InChI is InChI=1S/C11H17N3/c12-8-10-2-1-7-14(9-10)11-3-5-13-6-4-11/h3-6,10H,1-2,7-9,12H2. The molecule has 1 fully saturated rings.